The van der Waals surface area contributed by atoms with E-state index in [2.05, 4.69) is 5.43 Å². The molecule has 0 fully saturated rings. The van der Waals surface area contributed by atoms with E-state index in [1.54, 1.807) is 5.01 Å². The summed E-state index contributed by atoms with van der Waals surface area (Å²) in [7, 11) is 1.81. The Morgan fingerprint density at radius 2 is 2.06 bits per heavy atom. The van der Waals surface area contributed by atoms with Gasteiger partial charge in [0.2, 0.25) is 0 Å². The highest BCUT2D eigenvalue weighted by Gasteiger charge is 2.04. The average molecular weight is 222 g/mol. The molecule has 0 aromatic heterocycles. The fourth-order valence-electron chi connectivity index (χ4n) is 1.30. The van der Waals surface area contributed by atoms with Crippen LogP contribution in [0.3, 0.4) is 0 Å². The van der Waals surface area contributed by atoms with Gasteiger partial charge in [0, 0.05) is 13.6 Å². The number of amides is 1. The number of nitrogens with one attached hydrogen (secondary N) is 1. The van der Waals surface area contributed by atoms with Gasteiger partial charge in [-0.15, -0.1) is 0 Å². The van der Waals surface area contributed by atoms with Gasteiger partial charge in [0.05, 0.1) is 0 Å². The maximum absolute atomic E-state index is 11.3. The van der Waals surface area contributed by atoms with Crippen molar-refractivity contribution in [3.05, 3.63) is 35.9 Å². The van der Waals surface area contributed by atoms with Crippen molar-refractivity contribution in [1.29, 1.82) is 0 Å². The zero-order valence-corrected chi connectivity index (χ0v) is 9.77. The predicted molar refractivity (Wildman–Crippen MR) is 62.7 cm³/mol. The molecule has 0 bridgehead atoms. The van der Waals surface area contributed by atoms with E-state index >= 15 is 0 Å². The van der Waals surface area contributed by atoms with Crippen LogP contribution in [-0.4, -0.2) is 24.7 Å². The molecular formula is C12H18N2O2. The van der Waals surface area contributed by atoms with Crippen LogP contribution in [0.1, 0.15) is 18.9 Å². The number of hydrazine groups is 1. The Labute approximate surface area is 96.2 Å². The fraction of sp³-hybridized carbons (Fsp3) is 0.417. The molecule has 4 nitrogen and oxygen atoms in total. The molecule has 1 aromatic carbocycles. The molecule has 0 aliphatic heterocycles. The van der Waals surface area contributed by atoms with Gasteiger partial charge in [0.25, 0.3) is 0 Å². The van der Waals surface area contributed by atoms with Gasteiger partial charge in [0.1, 0.15) is 6.61 Å². The SMILES string of the molecule is CCCN(C)NC(=O)OCc1ccccc1. The quantitative estimate of drug-likeness (QED) is 0.776. The Balaban J connectivity index is 2.25. The maximum Gasteiger partial charge on any atom is 0.422 e. The zero-order chi connectivity index (χ0) is 11.8. The summed E-state index contributed by atoms with van der Waals surface area (Å²) >= 11 is 0. The minimum Gasteiger partial charge on any atom is -0.444 e. The Hall–Kier alpha value is -1.55. The minimum absolute atomic E-state index is 0.298. The van der Waals surface area contributed by atoms with Crippen LogP contribution in [0.25, 0.3) is 0 Å². The van der Waals surface area contributed by atoms with Crippen LogP contribution in [0.15, 0.2) is 30.3 Å². The summed E-state index contributed by atoms with van der Waals surface area (Å²) in [5.74, 6) is 0. The van der Waals surface area contributed by atoms with Crippen LogP contribution < -0.4 is 5.43 Å². The summed E-state index contributed by atoms with van der Waals surface area (Å²) in [6.07, 6.45) is 0.565. The van der Waals surface area contributed by atoms with E-state index in [4.69, 9.17) is 4.74 Å². The lowest BCUT2D eigenvalue weighted by Gasteiger charge is -2.16. The van der Waals surface area contributed by atoms with Crippen LogP contribution in [0.5, 0.6) is 0 Å². The van der Waals surface area contributed by atoms with Gasteiger partial charge in [-0.25, -0.2) is 9.80 Å². The molecule has 0 saturated carbocycles. The lowest BCUT2D eigenvalue weighted by molar-refractivity contribution is 0.109. The third-order valence-corrected chi connectivity index (χ3v) is 2.05. The van der Waals surface area contributed by atoms with E-state index in [9.17, 15) is 4.79 Å². The van der Waals surface area contributed by atoms with E-state index in [1.165, 1.54) is 0 Å². The average Bonchev–Trinajstić information content (AvgIpc) is 2.28. The van der Waals surface area contributed by atoms with Gasteiger partial charge in [-0.2, -0.15) is 0 Å². The number of carbonyl (C=O) groups excluding carboxylic acids is 1. The standard InChI is InChI=1S/C12H18N2O2/c1-3-9-14(2)13-12(15)16-10-11-7-5-4-6-8-11/h4-8H,3,9-10H2,1-2H3,(H,13,15). The van der Waals surface area contributed by atoms with Crippen molar-refractivity contribution in [1.82, 2.24) is 10.4 Å². The first-order valence-corrected chi connectivity index (χ1v) is 5.41. The van der Waals surface area contributed by atoms with E-state index in [1.807, 2.05) is 44.3 Å². The first-order valence-electron chi connectivity index (χ1n) is 5.41. The van der Waals surface area contributed by atoms with E-state index in [0.29, 0.717) is 6.61 Å². The second kappa shape index (κ2) is 6.85. The molecule has 1 aromatic rings. The van der Waals surface area contributed by atoms with Gasteiger partial charge in [-0.05, 0) is 12.0 Å². The number of ether oxygens (including phenoxy) is 1. The van der Waals surface area contributed by atoms with Crippen molar-refractivity contribution in [2.24, 2.45) is 0 Å². The van der Waals surface area contributed by atoms with Gasteiger partial charge < -0.3 is 4.74 Å². The Morgan fingerprint density at radius 3 is 2.69 bits per heavy atom. The number of rotatable bonds is 5. The number of hydrogen-bond donors (Lipinski definition) is 1. The molecule has 0 aliphatic carbocycles. The smallest absolute Gasteiger partial charge is 0.422 e. The zero-order valence-electron chi connectivity index (χ0n) is 9.77. The second-order valence-corrected chi connectivity index (χ2v) is 3.60. The summed E-state index contributed by atoms with van der Waals surface area (Å²) in [4.78, 5) is 11.3. The normalized spacial score (nSPS) is 10.2. The first-order chi connectivity index (χ1) is 7.72. The molecule has 1 amide bonds. The molecule has 1 N–H and O–H groups in total. The highest BCUT2D eigenvalue weighted by Crippen LogP contribution is 2.00. The van der Waals surface area contributed by atoms with Crippen molar-refractivity contribution in [2.75, 3.05) is 13.6 Å². The molecule has 0 unspecified atom stereocenters. The Kier molecular flexibility index (Phi) is 5.36. The minimum atomic E-state index is -0.417. The molecular weight excluding hydrogens is 204 g/mol. The second-order valence-electron chi connectivity index (χ2n) is 3.60. The monoisotopic (exact) mass is 222 g/mol. The molecule has 16 heavy (non-hydrogen) atoms. The lowest BCUT2D eigenvalue weighted by atomic mass is 10.2. The van der Waals surface area contributed by atoms with Crippen LogP contribution in [-0.2, 0) is 11.3 Å². The van der Waals surface area contributed by atoms with Gasteiger partial charge in [-0.3, -0.25) is 5.43 Å². The Morgan fingerprint density at radius 1 is 1.38 bits per heavy atom. The summed E-state index contributed by atoms with van der Waals surface area (Å²) in [6.45, 7) is 3.15. The predicted octanol–water partition coefficient (Wildman–Crippen LogP) is 2.17. The van der Waals surface area contributed by atoms with Crippen molar-refractivity contribution in [3.8, 4) is 0 Å². The van der Waals surface area contributed by atoms with E-state index in [-0.39, 0.29) is 0 Å². The largest absolute Gasteiger partial charge is 0.444 e. The highest BCUT2D eigenvalue weighted by molar-refractivity contribution is 5.66. The molecule has 4 heteroatoms. The Bertz CT molecular complexity index is 314. The molecule has 0 atom stereocenters. The molecule has 1 rings (SSSR count). The summed E-state index contributed by atoms with van der Waals surface area (Å²) in [5.41, 5.74) is 3.61. The van der Waals surface area contributed by atoms with Gasteiger partial charge in [0.15, 0.2) is 0 Å². The third-order valence-electron chi connectivity index (χ3n) is 2.05. The number of nitrogens with zero attached hydrogens (tertiary/aromatic N) is 1. The van der Waals surface area contributed by atoms with Crippen LogP contribution in [0.2, 0.25) is 0 Å². The molecule has 0 radical (unpaired) electrons. The van der Waals surface area contributed by atoms with Crippen LogP contribution in [0, 0.1) is 0 Å². The third kappa shape index (κ3) is 4.79. The van der Waals surface area contributed by atoms with Gasteiger partial charge in [-0.1, -0.05) is 37.3 Å². The molecule has 88 valence electrons. The molecule has 0 aliphatic rings. The first kappa shape index (κ1) is 12.5. The molecule has 0 heterocycles. The topological polar surface area (TPSA) is 41.6 Å². The maximum atomic E-state index is 11.3. The van der Waals surface area contributed by atoms with Crippen molar-refractivity contribution in [3.63, 3.8) is 0 Å². The number of carbonyl (C=O) groups is 1. The fourth-order valence-corrected chi connectivity index (χ4v) is 1.30. The summed E-state index contributed by atoms with van der Waals surface area (Å²) in [6, 6.07) is 9.60. The number of benzene rings is 1. The molecule has 0 spiro atoms. The van der Waals surface area contributed by atoms with E-state index in [0.717, 1.165) is 18.5 Å². The lowest BCUT2D eigenvalue weighted by Crippen LogP contribution is -2.39. The highest BCUT2D eigenvalue weighted by atomic mass is 16.6. The van der Waals surface area contributed by atoms with Crippen LogP contribution >= 0.6 is 0 Å². The van der Waals surface area contributed by atoms with E-state index < -0.39 is 6.09 Å². The van der Waals surface area contributed by atoms with Crippen molar-refractivity contribution in [2.45, 2.75) is 20.0 Å². The van der Waals surface area contributed by atoms with Crippen molar-refractivity contribution >= 4 is 6.09 Å². The van der Waals surface area contributed by atoms with Gasteiger partial charge >= 0.3 is 6.09 Å². The summed E-state index contributed by atoms with van der Waals surface area (Å²) < 4.78 is 5.05. The van der Waals surface area contributed by atoms with Crippen molar-refractivity contribution < 1.29 is 9.53 Å². The summed E-state index contributed by atoms with van der Waals surface area (Å²) in [5, 5.41) is 1.72. The number of hydrogen-bond acceptors (Lipinski definition) is 3. The molecule has 0 saturated heterocycles. The van der Waals surface area contributed by atoms with Crippen LogP contribution in [0.4, 0.5) is 4.79 Å².